The highest BCUT2D eigenvalue weighted by molar-refractivity contribution is 7.99. The summed E-state index contributed by atoms with van der Waals surface area (Å²) >= 11 is 1.60. The zero-order valence-electron chi connectivity index (χ0n) is 10.9. The van der Waals surface area contributed by atoms with E-state index >= 15 is 0 Å². The smallest absolute Gasteiger partial charge is 0.242 e. The molecule has 0 aliphatic rings. The third kappa shape index (κ3) is 3.65. The number of hydrogen-bond acceptors (Lipinski definition) is 7. The summed E-state index contributed by atoms with van der Waals surface area (Å²) in [5, 5.41) is 0.659. The van der Waals surface area contributed by atoms with Crippen LogP contribution < -0.4 is 11.3 Å². The van der Waals surface area contributed by atoms with Crippen molar-refractivity contribution in [1.82, 2.24) is 24.5 Å². The molecule has 0 saturated carbocycles. The summed E-state index contributed by atoms with van der Waals surface area (Å²) in [7, 11) is 0. The molecule has 0 aliphatic heterocycles. The van der Waals surface area contributed by atoms with Gasteiger partial charge in [0, 0.05) is 18.1 Å². The SMILES string of the molecule is CCC(C)CSc1nc(NN)nc(-n2ccnc2)n1. The molecular weight excluding hydrogens is 262 g/mol. The Morgan fingerprint density at radius 2 is 2.26 bits per heavy atom. The van der Waals surface area contributed by atoms with Crippen LogP contribution in [0, 0.1) is 5.92 Å². The van der Waals surface area contributed by atoms with Crippen LogP contribution in [0.15, 0.2) is 23.9 Å². The number of thioether (sulfide) groups is 1. The van der Waals surface area contributed by atoms with Crippen LogP contribution in [-0.2, 0) is 0 Å². The number of nitrogen functional groups attached to an aromatic ring is 1. The number of nitrogens with two attached hydrogens (primary N) is 1. The molecule has 0 aromatic carbocycles. The average Bonchev–Trinajstić information content (AvgIpc) is 2.98. The van der Waals surface area contributed by atoms with Crippen molar-refractivity contribution in [1.29, 1.82) is 0 Å². The van der Waals surface area contributed by atoms with Crippen molar-refractivity contribution in [2.75, 3.05) is 11.2 Å². The Balaban J connectivity index is 2.21. The van der Waals surface area contributed by atoms with Crippen LogP contribution in [0.4, 0.5) is 5.95 Å². The average molecular weight is 279 g/mol. The van der Waals surface area contributed by atoms with Gasteiger partial charge in [-0.3, -0.25) is 9.99 Å². The molecule has 2 aromatic rings. The Bertz CT molecular complexity index is 514. The van der Waals surface area contributed by atoms with E-state index in [0.29, 0.717) is 23.0 Å². The minimum Gasteiger partial charge on any atom is -0.292 e. The van der Waals surface area contributed by atoms with Crippen molar-refractivity contribution in [2.24, 2.45) is 11.8 Å². The summed E-state index contributed by atoms with van der Waals surface area (Å²) in [4.78, 5) is 16.8. The normalized spacial score (nSPS) is 12.4. The van der Waals surface area contributed by atoms with E-state index in [1.165, 1.54) is 0 Å². The molecule has 7 nitrogen and oxygen atoms in total. The van der Waals surface area contributed by atoms with Crippen LogP contribution >= 0.6 is 11.8 Å². The number of hydrazine groups is 1. The van der Waals surface area contributed by atoms with Crippen molar-refractivity contribution in [3.8, 4) is 5.95 Å². The lowest BCUT2D eigenvalue weighted by Crippen LogP contribution is -2.14. The highest BCUT2D eigenvalue weighted by Crippen LogP contribution is 2.20. The Kier molecular flexibility index (Phi) is 4.69. The highest BCUT2D eigenvalue weighted by Gasteiger charge is 2.09. The Morgan fingerprint density at radius 3 is 2.89 bits per heavy atom. The summed E-state index contributed by atoms with van der Waals surface area (Å²) in [6, 6.07) is 0. The van der Waals surface area contributed by atoms with Gasteiger partial charge in [-0.2, -0.15) is 15.0 Å². The number of nitrogens with one attached hydrogen (secondary N) is 1. The number of anilines is 1. The second-order valence-corrected chi connectivity index (χ2v) is 5.17. The van der Waals surface area contributed by atoms with E-state index in [1.54, 1.807) is 35.0 Å². The van der Waals surface area contributed by atoms with Crippen LogP contribution in [-0.4, -0.2) is 30.3 Å². The molecule has 0 spiro atoms. The minimum atomic E-state index is 0.352. The number of hydrogen-bond donors (Lipinski definition) is 2. The van der Waals surface area contributed by atoms with Gasteiger partial charge in [-0.05, 0) is 5.92 Å². The lowest BCUT2D eigenvalue weighted by Gasteiger charge is -2.09. The van der Waals surface area contributed by atoms with E-state index < -0.39 is 0 Å². The Hall–Kier alpha value is -1.67. The quantitative estimate of drug-likeness (QED) is 0.470. The summed E-state index contributed by atoms with van der Waals surface area (Å²) < 4.78 is 1.72. The molecule has 2 aromatic heterocycles. The van der Waals surface area contributed by atoms with Gasteiger partial charge in [-0.25, -0.2) is 10.8 Å². The molecule has 0 aliphatic carbocycles. The summed E-state index contributed by atoms with van der Waals surface area (Å²) in [5.74, 6) is 7.83. The van der Waals surface area contributed by atoms with E-state index in [-0.39, 0.29) is 0 Å². The van der Waals surface area contributed by atoms with Crippen LogP contribution in [0.25, 0.3) is 5.95 Å². The van der Waals surface area contributed by atoms with Gasteiger partial charge in [-0.15, -0.1) is 0 Å². The van der Waals surface area contributed by atoms with Crippen LogP contribution in [0.2, 0.25) is 0 Å². The predicted octanol–water partition coefficient (Wildman–Crippen LogP) is 1.48. The zero-order valence-corrected chi connectivity index (χ0v) is 11.8. The maximum Gasteiger partial charge on any atom is 0.242 e. The molecule has 19 heavy (non-hydrogen) atoms. The second kappa shape index (κ2) is 6.48. The third-order valence-corrected chi connectivity index (χ3v) is 3.84. The first-order valence-electron chi connectivity index (χ1n) is 6.06. The van der Waals surface area contributed by atoms with Crippen LogP contribution in [0.1, 0.15) is 20.3 Å². The molecule has 0 amide bonds. The summed E-state index contributed by atoms with van der Waals surface area (Å²) in [6.45, 7) is 4.37. The predicted molar refractivity (Wildman–Crippen MR) is 74.9 cm³/mol. The lowest BCUT2D eigenvalue weighted by molar-refractivity contribution is 0.635. The molecule has 2 rings (SSSR count). The molecule has 2 heterocycles. The van der Waals surface area contributed by atoms with E-state index in [4.69, 9.17) is 5.84 Å². The fraction of sp³-hybridized carbons (Fsp3) is 0.455. The largest absolute Gasteiger partial charge is 0.292 e. The van der Waals surface area contributed by atoms with E-state index in [2.05, 4.69) is 39.2 Å². The molecule has 1 unspecified atom stereocenters. The molecule has 0 fully saturated rings. The maximum atomic E-state index is 5.39. The van der Waals surface area contributed by atoms with Crippen molar-refractivity contribution >= 4 is 17.7 Å². The minimum absolute atomic E-state index is 0.352. The fourth-order valence-corrected chi connectivity index (χ4v) is 2.27. The summed E-state index contributed by atoms with van der Waals surface area (Å²) in [6.07, 6.45) is 6.22. The number of imidazole rings is 1. The zero-order chi connectivity index (χ0) is 13.7. The molecule has 0 saturated heterocycles. The topological polar surface area (TPSA) is 94.5 Å². The van der Waals surface area contributed by atoms with Gasteiger partial charge in [0.15, 0.2) is 5.16 Å². The van der Waals surface area contributed by atoms with Crippen molar-refractivity contribution < 1.29 is 0 Å². The van der Waals surface area contributed by atoms with E-state index in [0.717, 1.165) is 12.2 Å². The Labute approximate surface area is 116 Å². The number of aromatic nitrogens is 5. The standard InChI is InChI=1S/C11H17N7S/c1-3-8(2)6-19-11-15-9(17-12)14-10(16-11)18-5-4-13-7-18/h4-5,7-8H,3,6,12H2,1-2H3,(H,14,15,16,17). The lowest BCUT2D eigenvalue weighted by atomic mass is 10.2. The van der Waals surface area contributed by atoms with Gasteiger partial charge < -0.3 is 0 Å². The van der Waals surface area contributed by atoms with Gasteiger partial charge in [0.25, 0.3) is 0 Å². The first kappa shape index (κ1) is 13.8. The molecule has 1 atom stereocenters. The van der Waals surface area contributed by atoms with Crippen LogP contribution in [0.5, 0.6) is 0 Å². The molecule has 0 radical (unpaired) electrons. The molecule has 3 N–H and O–H groups in total. The molecule has 0 bridgehead atoms. The van der Waals surface area contributed by atoms with Crippen molar-refractivity contribution in [2.45, 2.75) is 25.4 Å². The Morgan fingerprint density at radius 1 is 1.42 bits per heavy atom. The monoisotopic (exact) mass is 279 g/mol. The molecule has 8 heteroatoms. The van der Waals surface area contributed by atoms with Gasteiger partial charge in [0.05, 0.1) is 0 Å². The van der Waals surface area contributed by atoms with Crippen molar-refractivity contribution in [3.05, 3.63) is 18.7 Å². The third-order valence-electron chi connectivity index (χ3n) is 2.66. The fourth-order valence-electron chi connectivity index (χ4n) is 1.30. The molecule has 102 valence electrons. The number of rotatable bonds is 6. The van der Waals surface area contributed by atoms with Gasteiger partial charge >= 0.3 is 0 Å². The van der Waals surface area contributed by atoms with Gasteiger partial charge in [0.2, 0.25) is 11.9 Å². The summed E-state index contributed by atoms with van der Waals surface area (Å²) in [5.41, 5.74) is 2.46. The molecular formula is C11H17N7S. The van der Waals surface area contributed by atoms with E-state index in [9.17, 15) is 0 Å². The second-order valence-electron chi connectivity index (χ2n) is 4.18. The van der Waals surface area contributed by atoms with Crippen molar-refractivity contribution in [3.63, 3.8) is 0 Å². The van der Waals surface area contributed by atoms with Gasteiger partial charge in [-0.1, -0.05) is 32.0 Å². The van der Waals surface area contributed by atoms with E-state index in [1.807, 2.05) is 0 Å². The highest BCUT2D eigenvalue weighted by atomic mass is 32.2. The van der Waals surface area contributed by atoms with Gasteiger partial charge in [0.1, 0.15) is 6.33 Å². The first-order valence-corrected chi connectivity index (χ1v) is 7.05. The number of nitrogens with zero attached hydrogens (tertiary/aromatic N) is 5. The first-order chi connectivity index (χ1) is 9.22. The maximum absolute atomic E-state index is 5.39. The van der Waals surface area contributed by atoms with Crippen LogP contribution in [0.3, 0.4) is 0 Å².